The van der Waals surface area contributed by atoms with Gasteiger partial charge in [0.2, 0.25) is 0 Å². The molecule has 0 aliphatic rings. The Hall–Kier alpha value is -0.910. The molecular formula is C12H11ClOS. The Kier molecular flexibility index (Phi) is 5.31. The Labute approximate surface area is 100 Å². The molecule has 0 aliphatic carbocycles. The molecule has 0 saturated carbocycles. The van der Waals surface area contributed by atoms with Gasteiger partial charge in [-0.15, -0.1) is 11.6 Å². The van der Waals surface area contributed by atoms with Crippen molar-refractivity contribution >= 4 is 30.0 Å². The number of halogens is 1. The van der Waals surface area contributed by atoms with Gasteiger partial charge < -0.3 is 0 Å². The minimum atomic E-state index is -0.0634. The third-order valence-corrected chi connectivity index (χ3v) is 2.26. The molecule has 0 amide bonds. The zero-order chi connectivity index (χ0) is 11.1. The van der Waals surface area contributed by atoms with Gasteiger partial charge in [-0.2, -0.15) is 12.6 Å². The molecule has 0 fully saturated rings. The van der Waals surface area contributed by atoms with Gasteiger partial charge in [0.05, 0.1) is 5.88 Å². The maximum absolute atomic E-state index is 11.2. The first kappa shape index (κ1) is 12.2. The molecule has 15 heavy (non-hydrogen) atoms. The summed E-state index contributed by atoms with van der Waals surface area (Å²) in [7, 11) is 0. The maximum atomic E-state index is 11.2. The summed E-state index contributed by atoms with van der Waals surface area (Å²) in [4.78, 5) is 11.2. The fourth-order valence-corrected chi connectivity index (χ4v) is 1.30. The molecule has 3 heteroatoms. The normalized spacial score (nSPS) is 9.20. The molecule has 0 heterocycles. The highest BCUT2D eigenvalue weighted by atomic mass is 35.5. The highest BCUT2D eigenvalue weighted by Gasteiger charge is 2.02. The van der Waals surface area contributed by atoms with Crippen LogP contribution in [-0.4, -0.2) is 17.4 Å². The van der Waals surface area contributed by atoms with Crippen molar-refractivity contribution in [2.75, 3.05) is 11.6 Å². The van der Waals surface area contributed by atoms with E-state index in [2.05, 4.69) is 24.5 Å². The van der Waals surface area contributed by atoms with Crippen molar-refractivity contribution in [3.8, 4) is 11.8 Å². The monoisotopic (exact) mass is 238 g/mol. The molecule has 1 aromatic rings. The van der Waals surface area contributed by atoms with Crippen LogP contribution in [-0.2, 0) is 0 Å². The first-order chi connectivity index (χ1) is 7.27. The van der Waals surface area contributed by atoms with Gasteiger partial charge in [0.15, 0.2) is 5.78 Å². The van der Waals surface area contributed by atoms with Crippen LogP contribution in [0.15, 0.2) is 24.3 Å². The average molecular weight is 239 g/mol. The van der Waals surface area contributed by atoms with Crippen LogP contribution in [0.2, 0.25) is 0 Å². The van der Waals surface area contributed by atoms with Crippen molar-refractivity contribution in [3.05, 3.63) is 35.4 Å². The predicted octanol–water partition coefficient (Wildman–Crippen LogP) is 2.78. The zero-order valence-corrected chi connectivity index (χ0v) is 9.81. The van der Waals surface area contributed by atoms with E-state index in [0.29, 0.717) is 5.56 Å². The number of rotatable bonds is 3. The van der Waals surface area contributed by atoms with Crippen molar-refractivity contribution < 1.29 is 4.79 Å². The van der Waals surface area contributed by atoms with Crippen molar-refractivity contribution in [1.82, 2.24) is 0 Å². The third-order valence-electron chi connectivity index (χ3n) is 1.80. The number of ketones is 1. The molecule has 0 bridgehead atoms. The number of carbonyl (C=O) groups is 1. The highest BCUT2D eigenvalue weighted by molar-refractivity contribution is 7.80. The van der Waals surface area contributed by atoms with E-state index in [9.17, 15) is 4.79 Å². The fraction of sp³-hybridized carbons (Fsp3) is 0.250. The molecule has 0 spiro atoms. The van der Waals surface area contributed by atoms with E-state index in [0.717, 1.165) is 17.7 Å². The van der Waals surface area contributed by atoms with E-state index < -0.39 is 0 Å². The number of carbonyl (C=O) groups excluding carboxylic acids is 1. The number of alkyl halides is 1. The molecule has 0 N–H and O–H groups in total. The van der Waals surface area contributed by atoms with Crippen molar-refractivity contribution in [3.63, 3.8) is 0 Å². The van der Waals surface area contributed by atoms with Gasteiger partial charge in [0.1, 0.15) is 0 Å². The molecule has 0 unspecified atom stereocenters. The van der Waals surface area contributed by atoms with Crippen molar-refractivity contribution in [2.24, 2.45) is 0 Å². The Bertz CT molecular complexity index is 386. The second kappa shape index (κ2) is 6.55. The molecule has 0 aromatic heterocycles. The smallest absolute Gasteiger partial charge is 0.177 e. The Morgan fingerprint density at radius 1 is 1.33 bits per heavy atom. The van der Waals surface area contributed by atoms with Crippen LogP contribution < -0.4 is 0 Å². The molecule has 0 atom stereocenters. The summed E-state index contributed by atoms with van der Waals surface area (Å²) in [6.07, 6.45) is 0.769. The number of hydrogen-bond donors (Lipinski definition) is 1. The van der Waals surface area contributed by atoms with E-state index in [1.165, 1.54) is 0 Å². The van der Waals surface area contributed by atoms with Crippen LogP contribution in [0.5, 0.6) is 0 Å². The molecule has 0 radical (unpaired) electrons. The lowest BCUT2D eigenvalue weighted by atomic mass is 10.1. The predicted molar refractivity (Wildman–Crippen MR) is 66.8 cm³/mol. The highest BCUT2D eigenvalue weighted by Crippen LogP contribution is 2.05. The minimum Gasteiger partial charge on any atom is -0.293 e. The van der Waals surface area contributed by atoms with Gasteiger partial charge in [-0.05, 0) is 12.1 Å². The zero-order valence-electron chi connectivity index (χ0n) is 8.16. The molecule has 78 valence electrons. The Balaban J connectivity index is 2.73. The van der Waals surface area contributed by atoms with E-state index in [-0.39, 0.29) is 11.7 Å². The van der Waals surface area contributed by atoms with Gasteiger partial charge in [-0.3, -0.25) is 4.79 Å². The van der Waals surface area contributed by atoms with E-state index in [1.54, 1.807) is 12.1 Å². The average Bonchev–Trinajstić information content (AvgIpc) is 2.29. The molecule has 1 rings (SSSR count). The van der Waals surface area contributed by atoms with Crippen LogP contribution in [0.25, 0.3) is 0 Å². The van der Waals surface area contributed by atoms with Crippen molar-refractivity contribution in [2.45, 2.75) is 6.42 Å². The van der Waals surface area contributed by atoms with Gasteiger partial charge in [0.25, 0.3) is 0 Å². The van der Waals surface area contributed by atoms with Gasteiger partial charge in [0, 0.05) is 23.3 Å². The quantitative estimate of drug-likeness (QED) is 0.371. The summed E-state index contributed by atoms with van der Waals surface area (Å²) in [5.41, 5.74) is 1.53. The van der Waals surface area contributed by atoms with Crippen LogP contribution in [0.1, 0.15) is 22.3 Å². The maximum Gasteiger partial charge on any atom is 0.177 e. The van der Waals surface area contributed by atoms with Crippen LogP contribution in [0.3, 0.4) is 0 Å². The summed E-state index contributed by atoms with van der Waals surface area (Å²) in [6, 6.07) is 7.14. The SMILES string of the molecule is O=C(CCl)c1ccc(C#CCCS)cc1. The Morgan fingerprint density at radius 3 is 2.53 bits per heavy atom. The first-order valence-corrected chi connectivity index (χ1v) is 5.73. The minimum absolute atomic E-state index is 0.0185. The van der Waals surface area contributed by atoms with Crippen LogP contribution >= 0.6 is 24.2 Å². The molecule has 1 aromatic carbocycles. The first-order valence-electron chi connectivity index (χ1n) is 4.57. The lowest BCUT2D eigenvalue weighted by molar-refractivity contribution is 0.102. The Morgan fingerprint density at radius 2 is 2.00 bits per heavy atom. The van der Waals surface area contributed by atoms with E-state index in [1.807, 2.05) is 12.1 Å². The second-order valence-corrected chi connectivity index (χ2v) is 3.62. The van der Waals surface area contributed by atoms with Crippen LogP contribution in [0.4, 0.5) is 0 Å². The van der Waals surface area contributed by atoms with Gasteiger partial charge in [-0.25, -0.2) is 0 Å². The fourth-order valence-electron chi connectivity index (χ4n) is 1.04. The second-order valence-electron chi connectivity index (χ2n) is 2.91. The standard InChI is InChI=1S/C12H11ClOS/c13-9-12(14)11-6-4-10(5-7-11)3-1-2-8-15/h4-7,15H,2,8-9H2. The largest absolute Gasteiger partial charge is 0.293 e. The molecule has 0 saturated heterocycles. The molecular weight excluding hydrogens is 228 g/mol. The summed E-state index contributed by atoms with van der Waals surface area (Å²) < 4.78 is 0. The third kappa shape index (κ3) is 3.99. The topological polar surface area (TPSA) is 17.1 Å². The van der Waals surface area contributed by atoms with Crippen molar-refractivity contribution in [1.29, 1.82) is 0 Å². The number of benzene rings is 1. The number of hydrogen-bond acceptors (Lipinski definition) is 2. The van der Waals surface area contributed by atoms with E-state index in [4.69, 9.17) is 11.6 Å². The summed E-state index contributed by atoms with van der Waals surface area (Å²) in [5.74, 6) is 6.68. The van der Waals surface area contributed by atoms with Gasteiger partial charge in [-0.1, -0.05) is 24.0 Å². The summed E-state index contributed by atoms with van der Waals surface area (Å²) in [6.45, 7) is 0. The van der Waals surface area contributed by atoms with Crippen LogP contribution in [0, 0.1) is 11.8 Å². The number of Topliss-reactive ketones (excluding diaryl/α,β-unsaturated/α-hetero) is 1. The molecule has 0 aliphatic heterocycles. The van der Waals surface area contributed by atoms with E-state index >= 15 is 0 Å². The molecule has 1 nitrogen and oxygen atoms in total. The number of thiol groups is 1. The van der Waals surface area contributed by atoms with Gasteiger partial charge >= 0.3 is 0 Å². The summed E-state index contributed by atoms with van der Waals surface area (Å²) in [5, 5.41) is 0. The lowest BCUT2D eigenvalue weighted by Gasteiger charge is -1.96. The summed E-state index contributed by atoms with van der Waals surface area (Å²) >= 11 is 9.50. The lowest BCUT2D eigenvalue weighted by Crippen LogP contribution is -1.99.